The minimum atomic E-state index is -0.358. The first kappa shape index (κ1) is 16.2. The molecule has 0 aliphatic heterocycles. The fourth-order valence-electron chi connectivity index (χ4n) is 2.70. The lowest BCUT2D eigenvalue weighted by Gasteiger charge is -2.12. The standard InChI is InChI=1S/C18H19FN4O/c1-11-7-13(19)8-15-17(11)22-10-12(9-20)18(15)21-6-2-3-16(24)23-14-4-5-14/h7-8,10,14H,2-6H2,1H3,(H,21,22)(H,23,24). The van der Waals surface area contributed by atoms with E-state index in [4.69, 9.17) is 0 Å². The number of carbonyl (C=O) groups is 1. The van der Waals surface area contributed by atoms with Gasteiger partial charge in [0.1, 0.15) is 11.9 Å². The van der Waals surface area contributed by atoms with E-state index in [0.717, 1.165) is 18.4 Å². The van der Waals surface area contributed by atoms with Crippen LogP contribution in [0.1, 0.15) is 36.8 Å². The molecule has 124 valence electrons. The number of halogens is 1. The topological polar surface area (TPSA) is 77.8 Å². The van der Waals surface area contributed by atoms with E-state index in [9.17, 15) is 14.4 Å². The van der Waals surface area contributed by atoms with Crippen LogP contribution in [-0.4, -0.2) is 23.5 Å². The average molecular weight is 326 g/mol. The van der Waals surface area contributed by atoms with Crippen molar-refractivity contribution >= 4 is 22.5 Å². The molecule has 1 amide bonds. The molecule has 1 aromatic heterocycles. The molecule has 2 N–H and O–H groups in total. The van der Waals surface area contributed by atoms with Gasteiger partial charge in [-0.15, -0.1) is 0 Å². The summed E-state index contributed by atoms with van der Waals surface area (Å²) in [6, 6.07) is 5.26. The van der Waals surface area contributed by atoms with Crippen LogP contribution in [0.5, 0.6) is 0 Å². The fourth-order valence-corrected chi connectivity index (χ4v) is 2.70. The highest BCUT2D eigenvalue weighted by molar-refractivity contribution is 5.95. The van der Waals surface area contributed by atoms with E-state index in [1.807, 2.05) is 0 Å². The van der Waals surface area contributed by atoms with Gasteiger partial charge < -0.3 is 10.6 Å². The molecule has 1 aliphatic rings. The first-order valence-electron chi connectivity index (χ1n) is 8.10. The molecule has 0 bridgehead atoms. The maximum Gasteiger partial charge on any atom is 0.220 e. The number of amides is 1. The summed E-state index contributed by atoms with van der Waals surface area (Å²) in [4.78, 5) is 15.9. The smallest absolute Gasteiger partial charge is 0.220 e. The quantitative estimate of drug-likeness (QED) is 0.800. The minimum absolute atomic E-state index is 0.0567. The Hall–Kier alpha value is -2.68. The number of nitrogens with zero attached hydrogens (tertiary/aromatic N) is 2. The van der Waals surface area contributed by atoms with Gasteiger partial charge in [-0.25, -0.2) is 4.39 Å². The summed E-state index contributed by atoms with van der Waals surface area (Å²) < 4.78 is 13.7. The van der Waals surface area contributed by atoms with Gasteiger partial charge >= 0.3 is 0 Å². The molecule has 0 radical (unpaired) electrons. The lowest BCUT2D eigenvalue weighted by molar-refractivity contribution is -0.121. The number of aromatic nitrogens is 1. The Bertz CT molecular complexity index is 824. The van der Waals surface area contributed by atoms with E-state index in [1.54, 1.807) is 6.92 Å². The van der Waals surface area contributed by atoms with Gasteiger partial charge in [0.15, 0.2) is 0 Å². The van der Waals surface area contributed by atoms with Crippen LogP contribution in [0.3, 0.4) is 0 Å². The largest absolute Gasteiger partial charge is 0.383 e. The lowest BCUT2D eigenvalue weighted by Crippen LogP contribution is -2.25. The number of nitrogens with one attached hydrogen (secondary N) is 2. The van der Waals surface area contributed by atoms with Crippen LogP contribution >= 0.6 is 0 Å². The molecular weight excluding hydrogens is 307 g/mol. The zero-order valence-corrected chi connectivity index (χ0v) is 13.5. The zero-order chi connectivity index (χ0) is 17.1. The van der Waals surface area contributed by atoms with Gasteiger partial charge in [0.25, 0.3) is 0 Å². The summed E-state index contributed by atoms with van der Waals surface area (Å²) in [5.74, 6) is -0.301. The van der Waals surface area contributed by atoms with Crippen LogP contribution in [0.15, 0.2) is 18.3 Å². The van der Waals surface area contributed by atoms with E-state index in [1.165, 1.54) is 18.3 Å². The van der Waals surface area contributed by atoms with Crippen LogP contribution in [0, 0.1) is 24.1 Å². The summed E-state index contributed by atoms with van der Waals surface area (Å²) in [6.07, 6.45) is 4.71. The first-order chi connectivity index (χ1) is 11.6. The van der Waals surface area contributed by atoms with Gasteiger partial charge in [-0.05, 0) is 43.9 Å². The van der Waals surface area contributed by atoms with Gasteiger partial charge in [0, 0.05) is 30.6 Å². The molecule has 1 heterocycles. The van der Waals surface area contributed by atoms with Crippen LogP contribution in [0.2, 0.25) is 0 Å². The molecule has 1 saturated carbocycles. The number of anilines is 1. The molecule has 1 fully saturated rings. The van der Waals surface area contributed by atoms with Crippen molar-refractivity contribution in [3.05, 3.63) is 35.3 Å². The molecular formula is C18H19FN4O. The van der Waals surface area contributed by atoms with Crippen molar-refractivity contribution in [2.75, 3.05) is 11.9 Å². The molecule has 5 nitrogen and oxygen atoms in total. The number of hydrogen-bond acceptors (Lipinski definition) is 4. The van der Waals surface area contributed by atoms with Crippen molar-refractivity contribution in [1.29, 1.82) is 5.26 Å². The second-order valence-electron chi connectivity index (χ2n) is 6.15. The second-order valence-corrected chi connectivity index (χ2v) is 6.15. The summed E-state index contributed by atoms with van der Waals surface area (Å²) in [5, 5.41) is 16.0. The summed E-state index contributed by atoms with van der Waals surface area (Å²) in [5.41, 5.74) is 2.34. The van der Waals surface area contributed by atoms with E-state index in [0.29, 0.717) is 47.6 Å². The highest BCUT2D eigenvalue weighted by Gasteiger charge is 2.22. The number of pyridine rings is 1. The van der Waals surface area contributed by atoms with Crippen LogP contribution in [0.4, 0.5) is 10.1 Å². The zero-order valence-electron chi connectivity index (χ0n) is 13.5. The normalized spacial score (nSPS) is 13.5. The van der Waals surface area contributed by atoms with Gasteiger partial charge in [0.05, 0.1) is 16.8 Å². The Morgan fingerprint density at radius 1 is 1.46 bits per heavy atom. The average Bonchev–Trinajstić information content (AvgIpc) is 3.35. The number of aryl methyl sites for hydroxylation is 1. The third kappa shape index (κ3) is 3.62. The fraction of sp³-hybridized carbons (Fsp3) is 0.389. The van der Waals surface area contributed by atoms with Crippen molar-refractivity contribution in [2.24, 2.45) is 0 Å². The highest BCUT2D eigenvalue weighted by Crippen LogP contribution is 2.28. The number of fused-ring (bicyclic) bond motifs is 1. The van der Waals surface area contributed by atoms with Crippen molar-refractivity contribution in [3.8, 4) is 6.07 Å². The van der Waals surface area contributed by atoms with Crippen LogP contribution in [-0.2, 0) is 4.79 Å². The van der Waals surface area contributed by atoms with E-state index in [-0.39, 0.29) is 11.7 Å². The van der Waals surface area contributed by atoms with Crippen LogP contribution < -0.4 is 10.6 Å². The molecule has 24 heavy (non-hydrogen) atoms. The predicted molar refractivity (Wildman–Crippen MR) is 90.0 cm³/mol. The van der Waals surface area contributed by atoms with Crippen molar-refractivity contribution in [3.63, 3.8) is 0 Å². The van der Waals surface area contributed by atoms with E-state index in [2.05, 4.69) is 21.7 Å². The number of nitriles is 1. The molecule has 0 spiro atoms. The van der Waals surface area contributed by atoms with Crippen molar-refractivity contribution in [2.45, 2.75) is 38.6 Å². The van der Waals surface area contributed by atoms with Crippen LogP contribution in [0.25, 0.3) is 10.9 Å². The van der Waals surface area contributed by atoms with Gasteiger partial charge in [0.2, 0.25) is 5.91 Å². The van der Waals surface area contributed by atoms with Crippen molar-refractivity contribution in [1.82, 2.24) is 10.3 Å². The number of carbonyl (C=O) groups excluding carboxylic acids is 1. The first-order valence-corrected chi connectivity index (χ1v) is 8.10. The molecule has 0 saturated heterocycles. The minimum Gasteiger partial charge on any atom is -0.383 e. The van der Waals surface area contributed by atoms with Crippen molar-refractivity contribution < 1.29 is 9.18 Å². The lowest BCUT2D eigenvalue weighted by atomic mass is 10.1. The third-order valence-electron chi connectivity index (χ3n) is 4.07. The Labute approximate surface area is 139 Å². The monoisotopic (exact) mass is 326 g/mol. The highest BCUT2D eigenvalue weighted by atomic mass is 19.1. The Morgan fingerprint density at radius 3 is 2.96 bits per heavy atom. The SMILES string of the molecule is Cc1cc(F)cc2c(NCCCC(=O)NC3CC3)c(C#N)cnc12. The Morgan fingerprint density at radius 2 is 2.25 bits per heavy atom. The number of benzene rings is 1. The predicted octanol–water partition coefficient (Wildman–Crippen LogP) is 3.02. The second kappa shape index (κ2) is 6.83. The molecule has 6 heteroatoms. The third-order valence-corrected chi connectivity index (χ3v) is 4.07. The Kier molecular flexibility index (Phi) is 4.61. The molecule has 3 rings (SSSR count). The molecule has 1 aliphatic carbocycles. The Balaban J connectivity index is 1.72. The molecule has 0 unspecified atom stereocenters. The molecule has 0 atom stereocenters. The van der Waals surface area contributed by atoms with E-state index < -0.39 is 0 Å². The number of rotatable bonds is 6. The van der Waals surface area contributed by atoms with Gasteiger partial charge in [-0.2, -0.15) is 5.26 Å². The molecule has 1 aromatic carbocycles. The maximum atomic E-state index is 13.7. The summed E-state index contributed by atoms with van der Waals surface area (Å²) >= 11 is 0. The molecule has 2 aromatic rings. The maximum absolute atomic E-state index is 13.7. The number of hydrogen-bond donors (Lipinski definition) is 2. The summed E-state index contributed by atoms with van der Waals surface area (Å²) in [7, 11) is 0. The van der Waals surface area contributed by atoms with Gasteiger partial charge in [-0.3, -0.25) is 9.78 Å². The van der Waals surface area contributed by atoms with Gasteiger partial charge in [-0.1, -0.05) is 0 Å². The summed E-state index contributed by atoms with van der Waals surface area (Å²) in [6.45, 7) is 2.32. The van der Waals surface area contributed by atoms with E-state index >= 15 is 0 Å².